The Morgan fingerprint density at radius 1 is 1.28 bits per heavy atom. The van der Waals surface area contributed by atoms with Crippen molar-refractivity contribution >= 4 is 17.6 Å². The summed E-state index contributed by atoms with van der Waals surface area (Å²) in [5, 5.41) is 55.4. The summed E-state index contributed by atoms with van der Waals surface area (Å²) in [6.45, 7) is 4.96. The van der Waals surface area contributed by atoms with Crippen LogP contribution in [0.2, 0.25) is 0 Å². The van der Waals surface area contributed by atoms with Gasteiger partial charge >= 0.3 is 6.03 Å². The smallest absolute Gasteiger partial charge is 0.345 e. The third-order valence-corrected chi connectivity index (χ3v) is 5.35. The molecular formula is C17H32ClN3O8. The van der Waals surface area contributed by atoms with Crippen LogP contribution >= 0.6 is 11.6 Å². The second-order valence-electron chi connectivity index (χ2n) is 7.21. The molecule has 0 radical (unpaired) electrons. The molecule has 0 aromatic carbocycles. The van der Waals surface area contributed by atoms with Crippen molar-refractivity contribution in [3.63, 3.8) is 0 Å². The minimum Gasteiger partial charge on any atom is -0.387 e. The van der Waals surface area contributed by atoms with E-state index in [0.717, 1.165) is 4.90 Å². The van der Waals surface area contributed by atoms with Gasteiger partial charge in [-0.05, 0) is 19.8 Å². The maximum Gasteiger partial charge on any atom is 0.345 e. The normalized spacial score (nSPS) is 31.8. The zero-order valence-corrected chi connectivity index (χ0v) is 17.6. The molecule has 1 heterocycles. The van der Waals surface area contributed by atoms with Gasteiger partial charge < -0.3 is 30.3 Å². The van der Waals surface area contributed by atoms with E-state index < -0.39 is 48.5 Å². The maximum absolute atomic E-state index is 12.8. The van der Waals surface area contributed by atoms with Crippen molar-refractivity contribution in [3.05, 3.63) is 4.91 Å². The first-order valence-corrected chi connectivity index (χ1v) is 10.2. The van der Waals surface area contributed by atoms with Gasteiger partial charge in [0.2, 0.25) is 0 Å². The lowest BCUT2D eigenvalue weighted by atomic mass is 9.88. The van der Waals surface area contributed by atoms with Gasteiger partial charge in [-0.1, -0.05) is 20.3 Å². The lowest BCUT2D eigenvalue weighted by molar-refractivity contribution is -0.365. The molecule has 2 unspecified atom stereocenters. The number of amides is 2. The van der Waals surface area contributed by atoms with Crippen LogP contribution < -0.4 is 0 Å². The molecule has 1 aliphatic rings. The highest BCUT2D eigenvalue weighted by Gasteiger charge is 2.55. The molecule has 29 heavy (non-hydrogen) atoms. The quantitative estimate of drug-likeness (QED) is 0.138. The van der Waals surface area contributed by atoms with E-state index in [0.29, 0.717) is 24.3 Å². The second kappa shape index (κ2) is 11.3. The Morgan fingerprint density at radius 3 is 2.38 bits per heavy atom. The number of rotatable bonds is 10. The molecule has 1 fully saturated rings. The number of urea groups is 1. The summed E-state index contributed by atoms with van der Waals surface area (Å²) in [6, 6.07) is -1.60. The molecule has 12 heteroatoms. The van der Waals surface area contributed by atoms with Crippen molar-refractivity contribution in [2.24, 2.45) is 5.29 Å². The molecule has 1 saturated heterocycles. The molecule has 2 amide bonds. The number of ether oxygens (including phenoxy) is 1. The highest BCUT2D eigenvalue weighted by Crippen LogP contribution is 2.34. The number of carbonyl (C=O) groups is 1. The van der Waals surface area contributed by atoms with Gasteiger partial charge in [-0.2, -0.15) is 5.01 Å². The second-order valence-corrected chi connectivity index (χ2v) is 7.59. The molecule has 5 N–H and O–H groups in total. The Balaban J connectivity index is 3.23. The van der Waals surface area contributed by atoms with Crippen LogP contribution in [0.15, 0.2) is 5.29 Å². The highest BCUT2D eigenvalue weighted by molar-refractivity contribution is 6.18. The van der Waals surface area contributed by atoms with E-state index in [1.165, 1.54) is 0 Å². The Morgan fingerprint density at radius 2 is 1.90 bits per heavy atom. The van der Waals surface area contributed by atoms with Crippen LogP contribution in [-0.2, 0) is 4.74 Å². The van der Waals surface area contributed by atoms with Crippen LogP contribution in [0.3, 0.4) is 0 Å². The molecule has 0 spiro atoms. The lowest BCUT2D eigenvalue weighted by Crippen LogP contribution is -2.69. The van der Waals surface area contributed by atoms with Gasteiger partial charge in [0.1, 0.15) is 24.4 Å². The molecule has 11 nitrogen and oxygen atoms in total. The van der Waals surface area contributed by atoms with Crippen molar-refractivity contribution in [3.8, 4) is 0 Å². The number of alkyl halides is 1. The van der Waals surface area contributed by atoms with Crippen LogP contribution in [0.1, 0.15) is 46.5 Å². The Labute approximate surface area is 174 Å². The molecule has 0 aromatic heterocycles. The first-order valence-electron chi connectivity index (χ1n) is 9.71. The van der Waals surface area contributed by atoms with E-state index >= 15 is 0 Å². The first kappa shape index (κ1) is 26.0. The fourth-order valence-corrected chi connectivity index (χ4v) is 3.36. The van der Waals surface area contributed by atoms with E-state index in [9.17, 15) is 35.2 Å². The summed E-state index contributed by atoms with van der Waals surface area (Å²) in [5.74, 6) is -2.31. The minimum absolute atomic E-state index is 0.0663. The molecule has 1 aliphatic heterocycles. The van der Waals surface area contributed by atoms with Crippen LogP contribution in [-0.4, -0.2) is 96.4 Å². The van der Waals surface area contributed by atoms with Gasteiger partial charge in [0.05, 0.1) is 11.8 Å². The fourth-order valence-electron chi connectivity index (χ4n) is 3.20. The van der Waals surface area contributed by atoms with Crippen molar-refractivity contribution < 1.29 is 35.1 Å². The van der Waals surface area contributed by atoms with Gasteiger partial charge in [0.25, 0.3) is 0 Å². The topological polar surface area (TPSA) is 163 Å². The van der Waals surface area contributed by atoms with E-state index in [-0.39, 0.29) is 18.8 Å². The number of nitroso groups, excluding NO2 is 1. The number of halogens is 1. The van der Waals surface area contributed by atoms with E-state index in [2.05, 4.69) is 5.29 Å². The Kier molecular flexibility index (Phi) is 10.2. The van der Waals surface area contributed by atoms with Gasteiger partial charge in [-0.3, -0.25) is 4.90 Å². The summed E-state index contributed by atoms with van der Waals surface area (Å²) >= 11 is 5.58. The zero-order chi connectivity index (χ0) is 22.4. The van der Waals surface area contributed by atoms with Crippen LogP contribution in [0.25, 0.3) is 0 Å². The van der Waals surface area contributed by atoms with Crippen LogP contribution in [0, 0.1) is 4.91 Å². The summed E-state index contributed by atoms with van der Waals surface area (Å²) in [5.41, 5.74) is 0. The van der Waals surface area contributed by atoms with Gasteiger partial charge in [-0.25, -0.2) is 4.79 Å². The predicted molar refractivity (Wildman–Crippen MR) is 104 cm³/mol. The molecule has 0 aliphatic carbocycles. The van der Waals surface area contributed by atoms with Crippen molar-refractivity contribution in [2.45, 2.75) is 88.9 Å². The Bertz CT molecular complexity index is 545. The first-order chi connectivity index (χ1) is 13.6. The number of carbonyl (C=O) groups excluding carboxylic acids is 1. The maximum atomic E-state index is 12.8. The Hall–Kier alpha value is -1.08. The number of hydrogen-bond donors (Lipinski definition) is 5. The number of aliphatic hydroxyl groups excluding tert-OH is 4. The molecule has 1 rings (SSSR count). The number of unbranched alkanes of at least 4 members (excludes halogenated alkanes) is 1. The third-order valence-electron chi connectivity index (χ3n) is 5.18. The average molecular weight is 442 g/mol. The van der Waals surface area contributed by atoms with Gasteiger partial charge in [0, 0.05) is 18.3 Å². The summed E-state index contributed by atoms with van der Waals surface area (Å²) in [7, 11) is 0. The predicted octanol–water partition coefficient (Wildman–Crippen LogP) is 0.108. The van der Waals surface area contributed by atoms with E-state index in [4.69, 9.17) is 16.3 Å². The molecule has 0 aromatic rings. The molecular weight excluding hydrogens is 410 g/mol. The standard InChI is InChI=1S/C17H32ClN3O8/c1-4-6-7-17(27)14(24)12(23)11(22)13(29-17)15(25)21(10(3)5-2)16(26)20(19-28)9-8-18/h10-15,22-25,27H,4-9H2,1-3H3/t10?,11-,12-,13-,14+,15?,17-/m0/s1. The summed E-state index contributed by atoms with van der Waals surface area (Å²) in [4.78, 5) is 24.7. The minimum atomic E-state index is -2.23. The van der Waals surface area contributed by atoms with Gasteiger partial charge in [-0.15, -0.1) is 16.5 Å². The highest BCUT2D eigenvalue weighted by atomic mass is 35.5. The summed E-state index contributed by atoms with van der Waals surface area (Å²) in [6.07, 6.45) is -7.58. The molecule has 0 bridgehead atoms. The number of nitrogens with zero attached hydrogens (tertiary/aromatic N) is 3. The van der Waals surface area contributed by atoms with E-state index in [1.807, 2.05) is 6.92 Å². The lowest BCUT2D eigenvalue weighted by Gasteiger charge is -2.49. The van der Waals surface area contributed by atoms with Crippen LogP contribution in [0.4, 0.5) is 4.79 Å². The zero-order valence-electron chi connectivity index (χ0n) is 16.9. The number of hydrogen-bond acceptors (Lipinski definition) is 9. The van der Waals surface area contributed by atoms with Crippen LogP contribution in [0.5, 0.6) is 0 Å². The largest absolute Gasteiger partial charge is 0.387 e. The van der Waals surface area contributed by atoms with Crippen molar-refractivity contribution in [1.29, 1.82) is 0 Å². The van der Waals surface area contributed by atoms with Crippen molar-refractivity contribution in [2.75, 3.05) is 12.4 Å². The summed E-state index contributed by atoms with van der Waals surface area (Å²) < 4.78 is 5.43. The monoisotopic (exact) mass is 441 g/mol. The third kappa shape index (κ3) is 5.75. The fraction of sp³-hybridized carbons (Fsp3) is 0.941. The molecule has 7 atom stereocenters. The molecule has 170 valence electrons. The molecule has 0 saturated carbocycles. The number of aliphatic hydroxyl groups is 5. The average Bonchev–Trinajstić information content (AvgIpc) is 2.71. The van der Waals surface area contributed by atoms with E-state index in [1.54, 1.807) is 13.8 Å². The van der Waals surface area contributed by atoms with Crippen molar-refractivity contribution in [1.82, 2.24) is 9.91 Å². The SMILES string of the molecule is CCCC[C@]1(O)O[C@H](C(O)N(C(=O)N(CCCl)N=O)C(C)CC)[C@@H](O)[C@H](O)[C@H]1O. The van der Waals surface area contributed by atoms with Gasteiger partial charge in [0.15, 0.2) is 12.0 Å².